The third-order valence-corrected chi connectivity index (χ3v) is 2.95. The lowest BCUT2D eigenvalue weighted by Gasteiger charge is -2.17. The van der Waals surface area contributed by atoms with Gasteiger partial charge in [0.15, 0.2) is 17.5 Å². The highest BCUT2D eigenvalue weighted by Gasteiger charge is 2.18. The van der Waals surface area contributed by atoms with Gasteiger partial charge in [-0.25, -0.2) is 13.2 Å². The number of rotatable bonds is 3. The molecule has 0 aliphatic carbocycles. The van der Waals surface area contributed by atoms with E-state index in [-0.39, 0.29) is 12.1 Å². The number of benzene rings is 2. The molecule has 0 spiro atoms. The van der Waals surface area contributed by atoms with Crippen molar-refractivity contribution in [2.24, 2.45) is 0 Å². The van der Waals surface area contributed by atoms with Crippen molar-refractivity contribution in [1.82, 2.24) is 4.90 Å². The molecular weight excluding hydrogens is 281 g/mol. The molecule has 0 saturated heterocycles. The lowest BCUT2D eigenvalue weighted by atomic mass is 10.1. The molecule has 0 radical (unpaired) electrons. The summed E-state index contributed by atoms with van der Waals surface area (Å²) < 4.78 is 39.2. The molecule has 2 rings (SSSR count). The SMILES string of the molecule is CN(Cc1cccc(N)c1)C(=O)c1cc(F)c(F)c(F)c1. The van der Waals surface area contributed by atoms with Crippen molar-refractivity contribution in [2.45, 2.75) is 6.54 Å². The molecule has 0 unspecified atom stereocenters. The zero-order chi connectivity index (χ0) is 15.6. The molecule has 2 aromatic carbocycles. The maximum atomic E-state index is 13.1. The highest BCUT2D eigenvalue weighted by Crippen LogP contribution is 2.16. The Kier molecular flexibility index (Phi) is 4.16. The van der Waals surface area contributed by atoms with E-state index in [0.29, 0.717) is 17.8 Å². The summed E-state index contributed by atoms with van der Waals surface area (Å²) in [7, 11) is 1.48. The van der Waals surface area contributed by atoms with Crippen molar-refractivity contribution < 1.29 is 18.0 Å². The van der Waals surface area contributed by atoms with Crippen LogP contribution < -0.4 is 5.73 Å². The van der Waals surface area contributed by atoms with Gasteiger partial charge in [-0.1, -0.05) is 12.1 Å². The lowest BCUT2D eigenvalue weighted by Crippen LogP contribution is -2.26. The van der Waals surface area contributed by atoms with Crippen molar-refractivity contribution >= 4 is 11.6 Å². The average molecular weight is 294 g/mol. The van der Waals surface area contributed by atoms with Crippen LogP contribution in [0.25, 0.3) is 0 Å². The van der Waals surface area contributed by atoms with E-state index < -0.39 is 23.4 Å². The minimum Gasteiger partial charge on any atom is -0.399 e. The van der Waals surface area contributed by atoms with Crippen molar-refractivity contribution in [3.63, 3.8) is 0 Å². The predicted octanol–water partition coefficient (Wildman–Crippen LogP) is 2.96. The number of nitrogens with two attached hydrogens (primary N) is 1. The van der Waals surface area contributed by atoms with E-state index in [1.807, 2.05) is 0 Å². The highest BCUT2D eigenvalue weighted by molar-refractivity contribution is 5.94. The normalized spacial score (nSPS) is 10.5. The molecule has 0 fully saturated rings. The molecule has 0 aromatic heterocycles. The Morgan fingerprint density at radius 1 is 1.14 bits per heavy atom. The maximum absolute atomic E-state index is 13.1. The second-order valence-electron chi connectivity index (χ2n) is 4.66. The maximum Gasteiger partial charge on any atom is 0.254 e. The zero-order valence-electron chi connectivity index (χ0n) is 11.2. The van der Waals surface area contributed by atoms with Crippen molar-refractivity contribution in [3.05, 3.63) is 65.0 Å². The number of anilines is 1. The monoisotopic (exact) mass is 294 g/mol. The molecule has 21 heavy (non-hydrogen) atoms. The van der Waals surface area contributed by atoms with E-state index in [9.17, 15) is 18.0 Å². The van der Waals surface area contributed by atoms with Crippen LogP contribution in [0.2, 0.25) is 0 Å². The molecule has 2 aromatic rings. The summed E-state index contributed by atoms with van der Waals surface area (Å²) in [6.07, 6.45) is 0. The molecule has 1 amide bonds. The number of nitrogen functional groups attached to an aromatic ring is 1. The second kappa shape index (κ2) is 5.87. The molecule has 3 nitrogen and oxygen atoms in total. The zero-order valence-corrected chi connectivity index (χ0v) is 11.2. The highest BCUT2D eigenvalue weighted by atomic mass is 19.2. The van der Waals surface area contributed by atoms with Crippen molar-refractivity contribution in [1.29, 1.82) is 0 Å². The van der Waals surface area contributed by atoms with Gasteiger partial charge < -0.3 is 10.6 Å². The largest absolute Gasteiger partial charge is 0.399 e. The number of amides is 1. The van der Waals surface area contributed by atoms with E-state index in [2.05, 4.69) is 0 Å². The molecule has 6 heteroatoms. The molecular formula is C15H13F3N2O. The van der Waals surface area contributed by atoms with Gasteiger partial charge >= 0.3 is 0 Å². The molecule has 110 valence electrons. The van der Waals surface area contributed by atoms with Crippen LogP contribution in [0.1, 0.15) is 15.9 Å². The Morgan fingerprint density at radius 3 is 2.33 bits per heavy atom. The average Bonchev–Trinajstić information content (AvgIpc) is 2.43. The fourth-order valence-electron chi connectivity index (χ4n) is 1.94. The van der Waals surface area contributed by atoms with E-state index in [1.165, 1.54) is 11.9 Å². The van der Waals surface area contributed by atoms with Crippen LogP contribution in [0.5, 0.6) is 0 Å². The van der Waals surface area contributed by atoms with Crippen LogP contribution in [-0.2, 0) is 6.54 Å². The second-order valence-corrected chi connectivity index (χ2v) is 4.66. The van der Waals surface area contributed by atoms with Gasteiger partial charge in [-0.2, -0.15) is 0 Å². The summed E-state index contributed by atoms with van der Waals surface area (Å²) in [5.41, 5.74) is 6.70. The topological polar surface area (TPSA) is 46.3 Å². The fraction of sp³-hybridized carbons (Fsp3) is 0.133. The minimum atomic E-state index is -1.59. The Hall–Kier alpha value is -2.50. The molecule has 0 heterocycles. The van der Waals surface area contributed by atoms with Crippen molar-refractivity contribution in [2.75, 3.05) is 12.8 Å². The van der Waals surface area contributed by atoms with Gasteiger partial charge in [-0.05, 0) is 29.8 Å². The summed E-state index contributed by atoms with van der Waals surface area (Å²) in [5, 5.41) is 0. The number of hydrogen-bond donors (Lipinski definition) is 1. The van der Waals surface area contributed by atoms with Gasteiger partial charge in [0.05, 0.1) is 0 Å². The van der Waals surface area contributed by atoms with Gasteiger partial charge in [0.1, 0.15) is 0 Å². The number of halogens is 3. The van der Waals surface area contributed by atoms with Gasteiger partial charge in [0, 0.05) is 24.8 Å². The molecule has 0 aliphatic heterocycles. The third-order valence-electron chi connectivity index (χ3n) is 2.95. The standard InChI is InChI=1S/C15H13F3N2O/c1-20(8-9-3-2-4-11(19)5-9)15(21)10-6-12(16)14(18)13(17)7-10/h2-7H,8,19H2,1H3. The lowest BCUT2D eigenvalue weighted by molar-refractivity contribution is 0.0784. The van der Waals surface area contributed by atoms with Crippen LogP contribution >= 0.6 is 0 Å². The van der Waals surface area contributed by atoms with E-state index in [0.717, 1.165) is 5.56 Å². The minimum absolute atomic E-state index is 0.213. The first-order valence-corrected chi connectivity index (χ1v) is 6.13. The summed E-state index contributed by atoms with van der Waals surface area (Å²) in [6.45, 7) is 0.213. The fourth-order valence-corrected chi connectivity index (χ4v) is 1.94. The van der Waals surface area contributed by atoms with Crippen molar-refractivity contribution in [3.8, 4) is 0 Å². The Balaban J connectivity index is 2.20. The van der Waals surface area contributed by atoms with Gasteiger partial charge in [-0.15, -0.1) is 0 Å². The third kappa shape index (κ3) is 3.34. The van der Waals surface area contributed by atoms with Crippen LogP contribution in [0.15, 0.2) is 36.4 Å². The molecule has 0 atom stereocenters. The summed E-state index contributed by atoms with van der Waals surface area (Å²) in [4.78, 5) is 13.4. The first-order valence-electron chi connectivity index (χ1n) is 6.13. The first-order chi connectivity index (χ1) is 9.88. The Morgan fingerprint density at radius 2 is 1.76 bits per heavy atom. The van der Waals surface area contributed by atoms with Gasteiger partial charge in [0.2, 0.25) is 0 Å². The van der Waals surface area contributed by atoms with Crippen LogP contribution in [0.3, 0.4) is 0 Å². The number of carbonyl (C=O) groups is 1. The van der Waals surface area contributed by atoms with E-state index >= 15 is 0 Å². The number of hydrogen-bond acceptors (Lipinski definition) is 2. The number of nitrogens with zero attached hydrogens (tertiary/aromatic N) is 1. The molecule has 0 saturated carbocycles. The van der Waals surface area contributed by atoms with E-state index in [1.54, 1.807) is 24.3 Å². The van der Waals surface area contributed by atoms with Gasteiger partial charge in [-0.3, -0.25) is 4.79 Å². The summed E-state index contributed by atoms with van der Waals surface area (Å²) in [6, 6.07) is 8.25. The van der Waals surface area contributed by atoms with Crippen LogP contribution in [0, 0.1) is 17.5 Å². The Labute approximate surface area is 119 Å². The van der Waals surface area contributed by atoms with Crippen LogP contribution in [-0.4, -0.2) is 17.9 Å². The Bertz CT molecular complexity index is 665. The smallest absolute Gasteiger partial charge is 0.254 e. The van der Waals surface area contributed by atoms with Crippen LogP contribution in [0.4, 0.5) is 18.9 Å². The molecule has 2 N–H and O–H groups in total. The van der Waals surface area contributed by atoms with E-state index in [4.69, 9.17) is 5.73 Å². The quantitative estimate of drug-likeness (QED) is 0.699. The number of carbonyl (C=O) groups excluding carboxylic acids is 1. The summed E-state index contributed by atoms with van der Waals surface area (Å²) in [5.74, 6) is -4.99. The molecule has 0 bridgehead atoms. The predicted molar refractivity (Wildman–Crippen MR) is 73.0 cm³/mol. The summed E-state index contributed by atoms with van der Waals surface area (Å²) >= 11 is 0. The molecule has 0 aliphatic rings. The van der Waals surface area contributed by atoms with Gasteiger partial charge in [0.25, 0.3) is 5.91 Å². The first kappa shape index (κ1) is 14.9.